The number of nitro benzene ring substituents is 1. The monoisotopic (exact) mass is 409 g/mol. The molecular formula is C17H16BrNO6. The number of nitro groups is 1. The summed E-state index contributed by atoms with van der Waals surface area (Å²) >= 11 is 3.26. The number of ether oxygens (including phenoxy) is 3. The van der Waals surface area contributed by atoms with Gasteiger partial charge in [-0.2, -0.15) is 0 Å². The number of nitrogens with zero attached hydrogens (tertiary/aromatic N) is 1. The molecular weight excluding hydrogens is 394 g/mol. The van der Waals surface area contributed by atoms with Gasteiger partial charge in [0.25, 0.3) is 0 Å². The van der Waals surface area contributed by atoms with Gasteiger partial charge in [-0.05, 0) is 36.8 Å². The van der Waals surface area contributed by atoms with Crippen LogP contribution in [0.2, 0.25) is 0 Å². The number of rotatable bonds is 7. The predicted octanol–water partition coefficient (Wildman–Crippen LogP) is 4.73. The summed E-state index contributed by atoms with van der Waals surface area (Å²) in [6, 6.07) is 9.02. The summed E-state index contributed by atoms with van der Waals surface area (Å²) in [6.07, 6.45) is 0.785. The quantitative estimate of drug-likeness (QED) is 0.373. The average molecular weight is 410 g/mol. The number of methoxy groups -OCH3 is 1. The van der Waals surface area contributed by atoms with E-state index < -0.39 is 10.9 Å². The van der Waals surface area contributed by atoms with E-state index in [9.17, 15) is 14.9 Å². The maximum absolute atomic E-state index is 11.9. The van der Waals surface area contributed by atoms with Gasteiger partial charge >= 0.3 is 11.7 Å². The second-order valence-corrected chi connectivity index (χ2v) is 5.88. The summed E-state index contributed by atoms with van der Waals surface area (Å²) in [6.45, 7) is 2.39. The lowest BCUT2D eigenvalue weighted by molar-refractivity contribution is -0.385. The third-order valence-electron chi connectivity index (χ3n) is 3.17. The molecule has 0 aliphatic heterocycles. The van der Waals surface area contributed by atoms with Gasteiger partial charge in [0.05, 0.1) is 24.7 Å². The molecule has 25 heavy (non-hydrogen) atoms. The van der Waals surface area contributed by atoms with Gasteiger partial charge in [0.1, 0.15) is 17.1 Å². The maximum Gasteiger partial charge on any atom is 0.341 e. The Morgan fingerprint density at radius 2 is 1.92 bits per heavy atom. The van der Waals surface area contributed by atoms with Crippen molar-refractivity contribution in [1.82, 2.24) is 0 Å². The number of halogens is 1. The normalized spacial score (nSPS) is 10.2. The van der Waals surface area contributed by atoms with Gasteiger partial charge in [-0.15, -0.1) is 0 Å². The SMILES string of the molecule is CCCOc1ccc(Oc2ccc(Br)cc2C(=O)OC)c([N+](=O)[O-])c1. The van der Waals surface area contributed by atoms with Crippen molar-refractivity contribution >= 4 is 27.6 Å². The van der Waals surface area contributed by atoms with Gasteiger partial charge in [0.2, 0.25) is 5.75 Å². The summed E-state index contributed by atoms with van der Waals surface area (Å²) in [5.74, 6) is -0.0755. The van der Waals surface area contributed by atoms with Crippen LogP contribution in [0.4, 0.5) is 5.69 Å². The van der Waals surface area contributed by atoms with Crippen LogP contribution in [0.3, 0.4) is 0 Å². The molecule has 2 aromatic carbocycles. The number of hydrogen-bond acceptors (Lipinski definition) is 6. The van der Waals surface area contributed by atoms with Crippen LogP contribution in [0.1, 0.15) is 23.7 Å². The molecule has 0 saturated heterocycles. The first-order valence-electron chi connectivity index (χ1n) is 7.43. The third-order valence-corrected chi connectivity index (χ3v) is 3.66. The molecule has 0 bridgehead atoms. The molecule has 8 heteroatoms. The molecule has 0 fully saturated rings. The minimum absolute atomic E-state index is 0.00123. The molecule has 0 radical (unpaired) electrons. The Bertz CT molecular complexity index is 793. The molecule has 0 atom stereocenters. The summed E-state index contributed by atoms with van der Waals surface area (Å²) in [4.78, 5) is 22.7. The lowest BCUT2D eigenvalue weighted by atomic mass is 10.2. The minimum atomic E-state index is -0.609. The summed E-state index contributed by atoms with van der Waals surface area (Å²) in [7, 11) is 1.25. The standard InChI is InChI=1S/C17H16BrNO6/c1-3-8-24-12-5-7-16(14(10-12)19(21)22)25-15-6-4-11(18)9-13(15)17(20)23-2/h4-7,9-10H,3,8H2,1-2H3. The van der Waals surface area contributed by atoms with Crippen LogP contribution in [0, 0.1) is 10.1 Å². The van der Waals surface area contributed by atoms with E-state index in [0.29, 0.717) is 16.8 Å². The molecule has 0 saturated carbocycles. The average Bonchev–Trinajstić information content (AvgIpc) is 2.61. The number of carbonyl (C=O) groups is 1. The number of hydrogen-bond donors (Lipinski definition) is 0. The van der Waals surface area contributed by atoms with Gasteiger partial charge in [0, 0.05) is 4.47 Å². The Labute approximate surface area is 152 Å². The highest BCUT2D eigenvalue weighted by Gasteiger charge is 2.21. The van der Waals surface area contributed by atoms with Crippen LogP contribution >= 0.6 is 15.9 Å². The fraction of sp³-hybridized carbons (Fsp3) is 0.235. The van der Waals surface area contributed by atoms with E-state index in [1.807, 2.05) is 6.92 Å². The lowest BCUT2D eigenvalue weighted by Crippen LogP contribution is -2.04. The van der Waals surface area contributed by atoms with E-state index in [1.54, 1.807) is 12.1 Å². The van der Waals surface area contributed by atoms with Crippen molar-refractivity contribution in [3.05, 3.63) is 56.5 Å². The predicted molar refractivity (Wildman–Crippen MR) is 94.4 cm³/mol. The van der Waals surface area contributed by atoms with E-state index >= 15 is 0 Å². The molecule has 132 valence electrons. The third kappa shape index (κ3) is 4.69. The molecule has 0 unspecified atom stereocenters. The Morgan fingerprint density at radius 1 is 1.20 bits per heavy atom. The zero-order chi connectivity index (χ0) is 18.4. The zero-order valence-corrected chi connectivity index (χ0v) is 15.2. The fourth-order valence-electron chi connectivity index (χ4n) is 2.02. The van der Waals surface area contributed by atoms with E-state index in [4.69, 9.17) is 14.2 Å². The minimum Gasteiger partial charge on any atom is -0.493 e. The number of benzene rings is 2. The molecule has 0 aliphatic rings. The molecule has 0 spiro atoms. The van der Waals surface area contributed by atoms with Crippen LogP contribution < -0.4 is 9.47 Å². The smallest absolute Gasteiger partial charge is 0.341 e. The van der Waals surface area contributed by atoms with Crippen LogP contribution in [0.25, 0.3) is 0 Å². The van der Waals surface area contributed by atoms with Gasteiger partial charge in [-0.3, -0.25) is 10.1 Å². The van der Waals surface area contributed by atoms with Crippen molar-refractivity contribution in [2.45, 2.75) is 13.3 Å². The first kappa shape index (κ1) is 18.7. The number of carbonyl (C=O) groups excluding carboxylic acids is 1. The molecule has 0 amide bonds. The van der Waals surface area contributed by atoms with Crippen LogP contribution in [0.15, 0.2) is 40.9 Å². The molecule has 0 aliphatic carbocycles. The second-order valence-electron chi connectivity index (χ2n) is 4.97. The van der Waals surface area contributed by atoms with Gasteiger partial charge in [-0.1, -0.05) is 22.9 Å². The topological polar surface area (TPSA) is 87.9 Å². The highest BCUT2D eigenvalue weighted by molar-refractivity contribution is 9.10. The van der Waals surface area contributed by atoms with Crippen molar-refractivity contribution in [1.29, 1.82) is 0 Å². The highest BCUT2D eigenvalue weighted by atomic mass is 79.9. The van der Waals surface area contributed by atoms with E-state index in [0.717, 1.165) is 6.42 Å². The van der Waals surface area contributed by atoms with Gasteiger partial charge in [-0.25, -0.2) is 4.79 Å². The maximum atomic E-state index is 11.9. The Kier molecular flexibility index (Phi) is 6.35. The molecule has 7 nitrogen and oxygen atoms in total. The molecule has 0 N–H and O–H groups in total. The van der Waals surface area contributed by atoms with Crippen molar-refractivity contribution < 1.29 is 23.9 Å². The summed E-state index contributed by atoms with van der Waals surface area (Å²) in [5, 5.41) is 11.3. The van der Waals surface area contributed by atoms with Crippen molar-refractivity contribution in [3.8, 4) is 17.2 Å². The van der Waals surface area contributed by atoms with Crippen molar-refractivity contribution in [2.75, 3.05) is 13.7 Å². The number of esters is 1. The Morgan fingerprint density at radius 3 is 2.56 bits per heavy atom. The fourth-order valence-corrected chi connectivity index (χ4v) is 2.38. The summed E-state index contributed by atoms with van der Waals surface area (Å²) in [5.41, 5.74) is -0.107. The first-order valence-corrected chi connectivity index (χ1v) is 8.22. The highest BCUT2D eigenvalue weighted by Crippen LogP contribution is 2.36. The largest absolute Gasteiger partial charge is 0.493 e. The van der Waals surface area contributed by atoms with Gasteiger partial charge < -0.3 is 14.2 Å². The van der Waals surface area contributed by atoms with E-state index in [1.165, 1.54) is 31.4 Å². The molecule has 2 aromatic rings. The zero-order valence-electron chi connectivity index (χ0n) is 13.7. The second kappa shape index (κ2) is 8.48. The van der Waals surface area contributed by atoms with E-state index in [2.05, 4.69) is 15.9 Å². The summed E-state index contributed by atoms with van der Waals surface area (Å²) < 4.78 is 16.4. The van der Waals surface area contributed by atoms with Crippen LogP contribution in [0.5, 0.6) is 17.2 Å². The van der Waals surface area contributed by atoms with E-state index in [-0.39, 0.29) is 22.7 Å². The van der Waals surface area contributed by atoms with Crippen molar-refractivity contribution in [3.63, 3.8) is 0 Å². The van der Waals surface area contributed by atoms with Gasteiger partial charge in [0.15, 0.2) is 0 Å². The van der Waals surface area contributed by atoms with Crippen LogP contribution in [-0.2, 0) is 4.74 Å². The molecule has 0 aromatic heterocycles. The molecule has 0 heterocycles. The Balaban J connectivity index is 2.40. The molecule has 2 rings (SSSR count). The van der Waals surface area contributed by atoms with Crippen LogP contribution in [-0.4, -0.2) is 24.6 Å². The first-order chi connectivity index (χ1) is 12.0. The Hall–Kier alpha value is -2.61. The van der Waals surface area contributed by atoms with Crippen molar-refractivity contribution in [2.24, 2.45) is 0 Å². The lowest BCUT2D eigenvalue weighted by Gasteiger charge is -2.11.